The summed E-state index contributed by atoms with van der Waals surface area (Å²) in [7, 11) is 1.57. The van der Waals surface area contributed by atoms with Crippen molar-refractivity contribution in [1.82, 2.24) is 4.90 Å². The quantitative estimate of drug-likeness (QED) is 0.524. The maximum Gasteiger partial charge on any atom is 0.246 e. The van der Waals surface area contributed by atoms with Crippen molar-refractivity contribution in [3.63, 3.8) is 0 Å². The van der Waals surface area contributed by atoms with E-state index in [1.165, 1.54) is 0 Å². The molecule has 1 amide bonds. The average molecular weight is 490 g/mol. The predicted molar refractivity (Wildman–Crippen MR) is 131 cm³/mol. The third-order valence-corrected chi connectivity index (χ3v) is 7.49. The van der Waals surface area contributed by atoms with Crippen LogP contribution in [0.15, 0.2) is 42.5 Å². The molecule has 0 spiro atoms. The lowest BCUT2D eigenvalue weighted by molar-refractivity contribution is -0.138. The van der Waals surface area contributed by atoms with Crippen LogP contribution in [-0.4, -0.2) is 41.7 Å². The van der Waals surface area contributed by atoms with Crippen molar-refractivity contribution >= 4 is 35.2 Å². The van der Waals surface area contributed by atoms with Crippen molar-refractivity contribution in [2.75, 3.05) is 20.2 Å². The van der Waals surface area contributed by atoms with E-state index in [-0.39, 0.29) is 18.4 Å². The Morgan fingerprint density at radius 3 is 2.73 bits per heavy atom. The summed E-state index contributed by atoms with van der Waals surface area (Å²) in [6, 6.07) is 10.8. The summed E-state index contributed by atoms with van der Waals surface area (Å²) in [5.41, 5.74) is 0.953. The molecule has 1 aliphatic carbocycles. The standard InChI is InChI=1S/C26H29Cl2NO4/c1-32-24-15-18(8-10-23(24)33-17-20-21(27)6-4-7-22(20)28)9-11-25(30)29-14-13-26(31)12-3-2-5-19(26)16-29/h4,6-11,15,19,31H,2-3,5,12-14,16-17H2,1H3/t19-,26-/m0/s1. The smallest absolute Gasteiger partial charge is 0.246 e. The van der Waals surface area contributed by atoms with E-state index in [1.807, 2.05) is 17.0 Å². The zero-order valence-corrected chi connectivity index (χ0v) is 20.2. The molecule has 33 heavy (non-hydrogen) atoms. The summed E-state index contributed by atoms with van der Waals surface area (Å²) < 4.78 is 11.4. The number of benzene rings is 2. The van der Waals surface area contributed by atoms with Gasteiger partial charge in [-0.05, 0) is 55.2 Å². The van der Waals surface area contributed by atoms with Gasteiger partial charge in [-0.1, -0.05) is 48.2 Å². The second-order valence-corrected chi connectivity index (χ2v) is 9.63. The predicted octanol–water partition coefficient (Wildman–Crippen LogP) is 5.75. The van der Waals surface area contributed by atoms with Crippen LogP contribution in [-0.2, 0) is 11.4 Å². The lowest BCUT2D eigenvalue weighted by Crippen LogP contribution is -2.54. The van der Waals surface area contributed by atoms with E-state index in [2.05, 4.69) is 0 Å². The third kappa shape index (κ3) is 5.48. The first-order valence-electron chi connectivity index (χ1n) is 11.3. The van der Waals surface area contributed by atoms with Gasteiger partial charge in [-0.3, -0.25) is 4.79 Å². The molecule has 2 fully saturated rings. The van der Waals surface area contributed by atoms with E-state index in [1.54, 1.807) is 43.5 Å². The number of carbonyl (C=O) groups is 1. The minimum atomic E-state index is -0.587. The fraction of sp³-hybridized carbons (Fsp3) is 0.423. The highest BCUT2D eigenvalue weighted by Gasteiger charge is 2.43. The van der Waals surface area contributed by atoms with E-state index in [9.17, 15) is 9.90 Å². The molecule has 176 valence electrons. The number of piperidine rings is 1. The van der Waals surface area contributed by atoms with E-state index in [0.717, 1.165) is 31.2 Å². The normalized spacial score (nSPS) is 22.8. The summed E-state index contributed by atoms with van der Waals surface area (Å²) in [6.07, 6.45) is 8.07. The fourth-order valence-corrected chi connectivity index (χ4v) is 5.28. The largest absolute Gasteiger partial charge is 0.493 e. The molecule has 2 aromatic carbocycles. The molecule has 2 aromatic rings. The van der Waals surface area contributed by atoms with Crippen LogP contribution in [0.25, 0.3) is 6.08 Å². The number of aliphatic hydroxyl groups is 1. The lowest BCUT2D eigenvalue weighted by Gasteiger charge is -2.47. The topological polar surface area (TPSA) is 59.0 Å². The molecule has 5 nitrogen and oxygen atoms in total. The van der Waals surface area contributed by atoms with Gasteiger partial charge in [-0.2, -0.15) is 0 Å². The van der Waals surface area contributed by atoms with Gasteiger partial charge < -0.3 is 19.5 Å². The number of carbonyl (C=O) groups excluding carboxylic acids is 1. The number of methoxy groups -OCH3 is 1. The molecule has 2 aliphatic rings. The summed E-state index contributed by atoms with van der Waals surface area (Å²) in [5, 5.41) is 11.9. The van der Waals surface area contributed by atoms with Gasteiger partial charge in [0.05, 0.1) is 12.7 Å². The number of nitrogens with zero attached hydrogens (tertiary/aromatic N) is 1. The first-order valence-corrected chi connectivity index (χ1v) is 12.1. The number of hydrogen-bond acceptors (Lipinski definition) is 4. The van der Waals surface area contributed by atoms with Crippen LogP contribution in [0.2, 0.25) is 10.0 Å². The van der Waals surface area contributed by atoms with E-state index in [4.69, 9.17) is 32.7 Å². The number of likely N-dealkylation sites (tertiary alicyclic amines) is 1. The monoisotopic (exact) mass is 489 g/mol. The molecule has 1 heterocycles. The van der Waals surface area contributed by atoms with Crippen LogP contribution in [0.3, 0.4) is 0 Å². The Labute approximate surface area is 204 Å². The SMILES string of the molecule is COc1cc(C=CC(=O)N2CC[C@@]3(O)CCCC[C@H]3C2)ccc1OCc1c(Cl)cccc1Cl. The third-order valence-electron chi connectivity index (χ3n) is 6.78. The number of ether oxygens (including phenoxy) is 2. The van der Waals surface area contributed by atoms with E-state index in [0.29, 0.717) is 46.6 Å². The van der Waals surface area contributed by atoms with Gasteiger partial charge in [0, 0.05) is 40.7 Å². The van der Waals surface area contributed by atoms with Crippen LogP contribution < -0.4 is 9.47 Å². The highest BCUT2D eigenvalue weighted by molar-refractivity contribution is 6.35. The number of rotatable bonds is 6. The molecule has 0 radical (unpaired) electrons. The second kappa shape index (κ2) is 10.4. The van der Waals surface area contributed by atoms with Gasteiger partial charge in [0.25, 0.3) is 0 Å². The van der Waals surface area contributed by atoms with Crippen molar-refractivity contribution in [1.29, 1.82) is 0 Å². The highest BCUT2D eigenvalue weighted by atomic mass is 35.5. The van der Waals surface area contributed by atoms with Crippen LogP contribution >= 0.6 is 23.2 Å². The molecule has 4 rings (SSSR count). The Hall–Kier alpha value is -2.21. The first kappa shape index (κ1) is 23.9. The Morgan fingerprint density at radius 2 is 1.97 bits per heavy atom. The maximum absolute atomic E-state index is 12.8. The highest BCUT2D eigenvalue weighted by Crippen LogP contribution is 2.40. The van der Waals surface area contributed by atoms with Gasteiger partial charge in [-0.25, -0.2) is 0 Å². The van der Waals surface area contributed by atoms with Crippen molar-refractivity contribution in [3.05, 3.63) is 63.6 Å². The van der Waals surface area contributed by atoms with Gasteiger partial charge in [0.2, 0.25) is 5.91 Å². The molecule has 7 heteroatoms. The zero-order valence-electron chi connectivity index (χ0n) is 18.7. The van der Waals surface area contributed by atoms with E-state index >= 15 is 0 Å². The molecular formula is C26H29Cl2NO4. The first-order chi connectivity index (χ1) is 15.9. The van der Waals surface area contributed by atoms with Gasteiger partial charge in [0.15, 0.2) is 11.5 Å². The number of halogens is 2. The molecule has 1 N–H and O–H groups in total. The molecule has 0 unspecified atom stereocenters. The summed E-state index contributed by atoms with van der Waals surface area (Å²) in [4.78, 5) is 14.6. The van der Waals surface area contributed by atoms with Crippen molar-refractivity contribution in [2.24, 2.45) is 5.92 Å². The molecule has 1 saturated heterocycles. The van der Waals surface area contributed by atoms with E-state index < -0.39 is 5.60 Å². The summed E-state index contributed by atoms with van der Waals surface area (Å²) in [5.74, 6) is 1.26. The maximum atomic E-state index is 12.8. The molecular weight excluding hydrogens is 461 g/mol. The Bertz CT molecular complexity index is 1020. The van der Waals surface area contributed by atoms with Gasteiger partial charge >= 0.3 is 0 Å². The average Bonchev–Trinajstić information content (AvgIpc) is 2.82. The van der Waals surface area contributed by atoms with Gasteiger partial charge in [-0.15, -0.1) is 0 Å². The Morgan fingerprint density at radius 1 is 1.18 bits per heavy atom. The fourth-order valence-electron chi connectivity index (χ4n) is 4.77. The summed E-state index contributed by atoms with van der Waals surface area (Å²) >= 11 is 12.4. The van der Waals surface area contributed by atoms with Crippen LogP contribution in [0, 0.1) is 5.92 Å². The molecule has 0 aromatic heterocycles. The minimum Gasteiger partial charge on any atom is -0.493 e. The Kier molecular flexibility index (Phi) is 7.52. The minimum absolute atomic E-state index is 0.0321. The molecule has 1 saturated carbocycles. The van der Waals surface area contributed by atoms with Crippen LogP contribution in [0.1, 0.15) is 43.2 Å². The molecule has 0 bridgehead atoms. The number of amides is 1. The van der Waals surface area contributed by atoms with Crippen molar-refractivity contribution < 1.29 is 19.4 Å². The number of fused-ring (bicyclic) bond motifs is 1. The molecule has 2 atom stereocenters. The number of hydrogen-bond donors (Lipinski definition) is 1. The van der Waals surface area contributed by atoms with Crippen molar-refractivity contribution in [2.45, 2.75) is 44.3 Å². The Balaban J connectivity index is 1.39. The molecule has 1 aliphatic heterocycles. The van der Waals surface area contributed by atoms with Gasteiger partial charge in [0.1, 0.15) is 6.61 Å². The lowest BCUT2D eigenvalue weighted by atomic mass is 9.71. The van der Waals surface area contributed by atoms with Crippen LogP contribution in [0.4, 0.5) is 0 Å². The van der Waals surface area contributed by atoms with Crippen molar-refractivity contribution in [3.8, 4) is 11.5 Å². The van der Waals surface area contributed by atoms with Crippen LogP contribution in [0.5, 0.6) is 11.5 Å². The summed E-state index contributed by atoms with van der Waals surface area (Å²) in [6.45, 7) is 1.43. The second-order valence-electron chi connectivity index (χ2n) is 8.81. The zero-order chi connectivity index (χ0) is 23.4.